The van der Waals surface area contributed by atoms with Crippen molar-refractivity contribution >= 4 is 31.9 Å². The Labute approximate surface area is 104 Å². The van der Waals surface area contributed by atoms with Gasteiger partial charge in [0.05, 0.1) is 6.26 Å². The standard InChI is InChI=1S/C12H10N2O3S/c1-18(15,16)17-12-11-9(6-7-13-12)8-4-2-3-5-10(8)14-11/h2-7,14H,1H3. The number of aromatic nitrogens is 2. The number of benzene rings is 1. The molecule has 0 bridgehead atoms. The number of hydrogen-bond donors (Lipinski definition) is 1. The summed E-state index contributed by atoms with van der Waals surface area (Å²) in [4.78, 5) is 7.07. The lowest BCUT2D eigenvalue weighted by Crippen LogP contribution is -2.07. The van der Waals surface area contributed by atoms with Crippen LogP contribution < -0.4 is 4.18 Å². The SMILES string of the molecule is CS(=O)(=O)Oc1nccc2c1[nH]c1ccccc12. The molecule has 0 amide bonds. The number of aromatic amines is 1. The first-order valence-electron chi connectivity index (χ1n) is 5.29. The first-order valence-corrected chi connectivity index (χ1v) is 7.11. The molecule has 1 aromatic carbocycles. The Balaban J connectivity index is 2.34. The molecule has 0 aliphatic carbocycles. The Morgan fingerprint density at radius 3 is 2.72 bits per heavy atom. The van der Waals surface area contributed by atoms with Crippen molar-refractivity contribution in [1.82, 2.24) is 9.97 Å². The third-order valence-electron chi connectivity index (χ3n) is 2.62. The highest BCUT2D eigenvalue weighted by Gasteiger charge is 2.13. The fourth-order valence-corrected chi connectivity index (χ4v) is 2.37. The van der Waals surface area contributed by atoms with Gasteiger partial charge in [0.1, 0.15) is 5.52 Å². The van der Waals surface area contributed by atoms with Crippen molar-refractivity contribution in [1.29, 1.82) is 0 Å². The van der Waals surface area contributed by atoms with Crippen LogP contribution in [0.3, 0.4) is 0 Å². The number of H-pyrrole nitrogens is 1. The van der Waals surface area contributed by atoms with E-state index in [4.69, 9.17) is 4.18 Å². The highest BCUT2D eigenvalue weighted by atomic mass is 32.2. The quantitative estimate of drug-likeness (QED) is 0.717. The van der Waals surface area contributed by atoms with E-state index in [9.17, 15) is 8.42 Å². The van der Waals surface area contributed by atoms with E-state index in [-0.39, 0.29) is 5.88 Å². The normalized spacial score (nSPS) is 12.1. The molecule has 0 radical (unpaired) electrons. The molecule has 5 nitrogen and oxygen atoms in total. The molecule has 2 heterocycles. The van der Waals surface area contributed by atoms with Crippen LogP contribution in [0.2, 0.25) is 0 Å². The Kier molecular flexibility index (Phi) is 2.27. The van der Waals surface area contributed by atoms with Gasteiger partial charge in [-0.15, -0.1) is 0 Å². The molecule has 3 aromatic rings. The average molecular weight is 262 g/mol. The van der Waals surface area contributed by atoms with Gasteiger partial charge >= 0.3 is 10.1 Å². The molecule has 0 fully saturated rings. The topological polar surface area (TPSA) is 72.1 Å². The zero-order chi connectivity index (χ0) is 12.8. The Morgan fingerprint density at radius 1 is 1.17 bits per heavy atom. The van der Waals surface area contributed by atoms with E-state index in [1.54, 1.807) is 0 Å². The van der Waals surface area contributed by atoms with Gasteiger partial charge in [-0.3, -0.25) is 0 Å². The van der Waals surface area contributed by atoms with Crippen molar-refractivity contribution in [3.8, 4) is 5.88 Å². The van der Waals surface area contributed by atoms with Crippen LogP contribution in [0.5, 0.6) is 5.88 Å². The second-order valence-electron chi connectivity index (χ2n) is 4.00. The summed E-state index contributed by atoms with van der Waals surface area (Å²) in [7, 11) is -3.59. The maximum atomic E-state index is 11.2. The predicted octanol–water partition coefficient (Wildman–Crippen LogP) is 2.05. The molecule has 92 valence electrons. The molecule has 0 saturated carbocycles. The van der Waals surface area contributed by atoms with Gasteiger partial charge in [0.15, 0.2) is 0 Å². The molecule has 0 aliphatic rings. The summed E-state index contributed by atoms with van der Waals surface area (Å²) in [5.74, 6) is 0.0752. The molecular weight excluding hydrogens is 252 g/mol. The van der Waals surface area contributed by atoms with Gasteiger partial charge in [-0.25, -0.2) is 4.98 Å². The first kappa shape index (κ1) is 11.0. The summed E-state index contributed by atoms with van der Waals surface area (Å²) in [5.41, 5.74) is 1.50. The summed E-state index contributed by atoms with van der Waals surface area (Å²) in [6, 6.07) is 9.52. The third-order valence-corrected chi connectivity index (χ3v) is 3.08. The lowest BCUT2D eigenvalue weighted by Gasteiger charge is -2.02. The van der Waals surface area contributed by atoms with Crippen LogP contribution in [0.25, 0.3) is 21.8 Å². The molecule has 0 spiro atoms. The van der Waals surface area contributed by atoms with Crippen LogP contribution >= 0.6 is 0 Å². The van der Waals surface area contributed by atoms with E-state index >= 15 is 0 Å². The van der Waals surface area contributed by atoms with Crippen LogP contribution in [0.4, 0.5) is 0 Å². The van der Waals surface area contributed by atoms with Crippen molar-refractivity contribution in [2.24, 2.45) is 0 Å². The second-order valence-corrected chi connectivity index (χ2v) is 5.57. The van der Waals surface area contributed by atoms with Crippen molar-refractivity contribution in [2.45, 2.75) is 0 Å². The summed E-state index contributed by atoms with van der Waals surface area (Å²) in [6.45, 7) is 0. The second kappa shape index (κ2) is 3.71. The van der Waals surface area contributed by atoms with E-state index in [2.05, 4.69) is 9.97 Å². The number of para-hydroxylation sites is 1. The van der Waals surface area contributed by atoms with Crippen molar-refractivity contribution in [2.75, 3.05) is 6.26 Å². The highest BCUT2D eigenvalue weighted by Crippen LogP contribution is 2.30. The number of rotatable bonds is 2. The molecule has 2 aromatic heterocycles. The van der Waals surface area contributed by atoms with Crippen molar-refractivity contribution in [3.63, 3.8) is 0 Å². The van der Waals surface area contributed by atoms with Gasteiger partial charge in [0.2, 0.25) is 0 Å². The van der Waals surface area contributed by atoms with E-state index < -0.39 is 10.1 Å². The maximum Gasteiger partial charge on any atom is 0.307 e. The van der Waals surface area contributed by atoms with Crippen molar-refractivity contribution < 1.29 is 12.6 Å². The monoisotopic (exact) mass is 262 g/mol. The third kappa shape index (κ3) is 1.80. The first-order chi connectivity index (χ1) is 8.54. The minimum atomic E-state index is -3.59. The molecule has 0 unspecified atom stereocenters. The van der Waals surface area contributed by atoms with Crippen LogP contribution in [-0.2, 0) is 10.1 Å². The minimum absolute atomic E-state index is 0.0752. The molecule has 0 atom stereocenters. The van der Waals surface area contributed by atoms with E-state index in [1.165, 1.54) is 6.20 Å². The number of fused-ring (bicyclic) bond motifs is 3. The molecule has 6 heteroatoms. The number of nitrogens with zero attached hydrogens (tertiary/aromatic N) is 1. The maximum absolute atomic E-state index is 11.2. The molecule has 1 N–H and O–H groups in total. The minimum Gasteiger partial charge on any atom is -0.359 e. The predicted molar refractivity (Wildman–Crippen MR) is 69.1 cm³/mol. The lowest BCUT2D eigenvalue weighted by molar-refractivity contribution is 0.485. The van der Waals surface area contributed by atoms with Gasteiger partial charge in [-0.1, -0.05) is 18.2 Å². The van der Waals surface area contributed by atoms with Crippen molar-refractivity contribution in [3.05, 3.63) is 36.5 Å². The molecule has 3 rings (SSSR count). The van der Waals surface area contributed by atoms with Gasteiger partial charge in [-0.2, -0.15) is 8.42 Å². The fourth-order valence-electron chi connectivity index (χ4n) is 1.96. The van der Waals surface area contributed by atoms with Crippen LogP contribution in [-0.4, -0.2) is 24.6 Å². The Hall–Kier alpha value is -2.08. The van der Waals surface area contributed by atoms with Gasteiger partial charge in [0.25, 0.3) is 5.88 Å². The molecule has 0 aliphatic heterocycles. The highest BCUT2D eigenvalue weighted by molar-refractivity contribution is 7.86. The number of nitrogens with one attached hydrogen (secondary N) is 1. The van der Waals surface area contributed by atoms with Gasteiger partial charge < -0.3 is 9.17 Å². The fraction of sp³-hybridized carbons (Fsp3) is 0.0833. The smallest absolute Gasteiger partial charge is 0.307 e. The van der Waals surface area contributed by atoms with E-state index in [0.717, 1.165) is 22.5 Å². The zero-order valence-electron chi connectivity index (χ0n) is 9.54. The molecular formula is C12H10N2O3S. The Morgan fingerprint density at radius 2 is 1.94 bits per heavy atom. The summed E-state index contributed by atoms with van der Waals surface area (Å²) in [5, 5.41) is 1.90. The van der Waals surface area contributed by atoms with Crippen LogP contribution in [0, 0.1) is 0 Å². The lowest BCUT2D eigenvalue weighted by atomic mass is 10.2. The average Bonchev–Trinajstić information content (AvgIpc) is 2.67. The van der Waals surface area contributed by atoms with Gasteiger partial charge in [0, 0.05) is 22.5 Å². The largest absolute Gasteiger partial charge is 0.359 e. The zero-order valence-corrected chi connectivity index (χ0v) is 10.4. The van der Waals surface area contributed by atoms with E-state index in [1.807, 2.05) is 30.3 Å². The number of pyridine rings is 1. The Bertz CT molecular complexity index is 837. The van der Waals surface area contributed by atoms with Gasteiger partial charge in [-0.05, 0) is 12.1 Å². The van der Waals surface area contributed by atoms with Crippen LogP contribution in [0.1, 0.15) is 0 Å². The molecule has 0 saturated heterocycles. The summed E-state index contributed by atoms with van der Waals surface area (Å²) in [6.07, 6.45) is 2.53. The molecule has 18 heavy (non-hydrogen) atoms. The van der Waals surface area contributed by atoms with Crippen LogP contribution in [0.15, 0.2) is 36.5 Å². The summed E-state index contributed by atoms with van der Waals surface area (Å²) >= 11 is 0. The number of hydrogen-bond acceptors (Lipinski definition) is 4. The summed E-state index contributed by atoms with van der Waals surface area (Å²) < 4.78 is 27.2. The van der Waals surface area contributed by atoms with E-state index in [0.29, 0.717) is 5.52 Å².